The van der Waals surface area contributed by atoms with Crippen molar-refractivity contribution >= 4 is 23.1 Å². The maximum absolute atomic E-state index is 13.3. The fourth-order valence-electron chi connectivity index (χ4n) is 3.11. The second-order valence-electron chi connectivity index (χ2n) is 6.30. The summed E-state index contributed by atoms with van der Waals surface area (Å²) in [4.78, 5) is 15.1. The Bertz CT molecular complexity index is 909. The molecule has 0 aromatic heterocycles. The summed E-state index contributed by atoms with van der Waals surface area (Å²) in [6.45, 7) is 4.17. The Labute approximate surface area is 164 Å². The number of hydrogen-bond donors (Lipinski definition) is 2. The van der Waals surface area contributed by atoms with E-state index in [9.17, 15) is 9.90 Å². The number of ether oxygens (including phenoxy) is 1. The highest BCUT2D eigenvalue weighted by Gasteiger charge is 2.33. The third-order valence-electron chi connectivity index (χ3n) is 4.65. The first-order valence-corrected chi connectivity index (χ1v) is 9.15. The lowest BCUT2D eigenvalue weighted by atomic mass is 9.89. The SMILES string of the molecule is CCOc1cc(C2NC(=S)N(C)C(C)=C2C(=O)c2ccccc2)ccc1O. The van der Waals surface area contributed by atoms with Crippen LogP contribution < -0.4 is 10.1 Å². The van der Waals surface area contributed by atoms with E-state index < -0.39 is 6.04 Å². The molecule has 0 saturated heterocycles. The molecule has 2 N–H and O–H groups in total. The van der Waals surface area contributed by atoms with E-state index in [0.29, 0.717) is 28.6 Å². The van der Waals surface area contributed by atoms with Crippen LogP contribution in [0.2, 0.25) is 0 Å². The second kappa shape index (κ2) is 7.80. The number of ketones is 1. The zero-order valence-electron chi connectivity index (χ0n) is 15.5. The van der Waals surface area contributed by atoms with Crippen molar-refractivity contribution < 1.29 is 14.6 Å². The monoisotopic (exact) mass is 382 g/mol. The molecule has 1 unspecified atom stereocenters. The van der Waals surface area contributed by atoms with Crippen molar-refractivity contribution in [2.45, 2.75) is 19.9 Å². The first kappa shape index (κ1) is 18.9. The number of allylic oxidation sites excluding steroid dienone is 1. The molecule has 1 heterocycles. The summed E-state index contributed by atoms with van der Waals surface area (Å²) in [5.41, 5.74) is 2.82. The van der Waals surface area contributed by atoms with Gasteiger partial charge in [-0.1, -0.05) is 36.4 Å². The fourth-order valence-corrected chi connectivity index (χ4v) is 3.36. The molecule has 3 rings (SSSR count). The number of nitrogens with zero attached hydrogens (tertiary/aromatic N) is 1. The van der Waals surface area contributed by atoms with Crippen molar-refractivity contribution in [2.75, 3.05) is 13.7 Å². The number of rotatable bonds is 5. The molecule has 0 radical (unpaired) electrons. The van der Waals surface area contributed by atoms with E-state index in [2.05, 4.69) is 5.32 Å². The molecule has 0 fully saturated rings. The van der Waals surface area contributed by atoms with Crippen molar-refractivity contribution in [1.82, 2.24) is 10.2 Å². The van der Waals surface area contributed by atoms with Crippen LogP contribution >= 0.6 is 12.2 Å². The summed E-state index contributed by atoms with van der Waals surface area (Å²) < 4.78 is 5.50. The van der Waals surface area contributed by atoms with Gasteiger partial charge in [0.2, 0.25) is 0 Å². The zero-order chi connectivity index (χ0) is 19.6. The van der Waals surface area contributed by atoms with Gasteiger partial charge in [-0.05, 0) is 43.8 Å². The number of carbonyl (C=O) groups is 1. The van der Waals surface area contributed by atoms with Gasteiger partial charge in [0.15, 0.2) is 22.4 Å². The molecule has 140 valence electrons. The Hall–Kier alpha value is -2.86. The maximum Gasteiger partial charge on any atom is 0.193 e. The number of aromatic hydroxyl groups is 1. The van der Waals surface area contributed by atoms with E-state index >= 15 is 0 Å². The van der Waals surface area contributed by atoms with Gasteiger partial charge in [0.1, 0.15) is 0 Å². The molecule has 0 spiro atoms. The number of hydrogen-bond acceptors (Lipinski definition) is 4. The topological polar surface area (TPSA) is 61.8 Å². The van der Waals surface area contributed by atoms with Gasteiger partial charge < -0.3 is 20.1 Å². The van der Waals surface area contributed by atoms with Gasteiger partial charge in [0, 0.05) is 23.9 Å². The highest BCUT2D eigenvalue weighted by atomic mass is 32.1. The summed E-state index contributed by atoms with van der Waals surface area (Å²) in [5.74, 6) is 0.379. The van der Waals surface area contributed by atoms with E-state index in [1.807, 2.05) is 39.1 Å². The molecular formula is C21H22N2O3S. The van der Waals surface area contributed by atoms with E-state index in [-0.39, 0.29) is 11.5 Å². The van der Waals surface area contributed by atoms with Gasteiger partial charge in [0.05, 0.1) is 12.6 Å². The fraction of sp³-hybridized carbons (Fsp3) is 0.238. The van der Waals surface area contributed by atoms with E-state index in [1.54, 1.807) is 35.2 Å². The molecule has 1 aliphatic rings. The number of phenolic OH excluding ortho intramolecular Hbond substituents is 1. The molecule has 6 heteroatoms. The van der Waals surface area contributed by atoms with Gasteiger partial charge in [0.25, 0.3) is 0 Å². The number of carbonyl (C=O) groups excluding carboxylic acids is 1. The number of phenols is 1. The molecule has 0 amide bonds. The summed E-state index contributed by atoms with van der Waals surface area (Å²) in [6, 6.07) is 13.8. The van der Waals surface area contributed by atoms with Gasteiger partial charge >= 0.3 is 0 Å². The van der Waals surface area contributed by atoms with E-state index in [4.69, 9.17) is 17.0 Å². The minimum Gasteiger partial charge on any atom is -0.504 e. The molecule has 0 saturated carbocycles. The highest BCUT2D eigenvalue weighted by molar-refractivity contribution is 7.80. The van der Waals surface area contributed by atoms with Crippen LogP contribution in [0.4, 0.5) is 0 Å². The van der Waals surface area contributed by atoms with Crippen molar-refractivity contribution in [1.29, 1.82) is 0 Å². The number of thiocarbonyl (C=S) groups is 1. The standard InChI is InChI=1S/C21H22N2O3S/c1-4-26-17-12-15(10-11-16(17)24)19-18(13(2)23(3)21(27)22-19)20(25)14-8-6-5-7-9-14/h5-12,19,24H,4H2,1-3H3,(H,22,27). The summed E-state index contributed by atoms with van der Waals surface area (Å²) in [6.07, 6.45) is 0. The summed E-state index contributed by atoms with van der Waals surface area (Å²) in [5, 5.41) is 13.8. The quantitative estimate of drug-likeness (QED) is 0.606. The van der Waals surface area contributed by atoms with Crippen LogP contribution in [0.3, 0.4) is 0 Å². The average molecular weight is 382 g/mol. The number of benzene rings is 2. The Morgan fingerprint density at radius 2 is 1.96 bits per heavy atom. The van der Waals surface area contributed by atoms with Gasteiger partial charge in [-0.15, -0.1) is 0 Å². The first-order chi connectivity index (χ1) is 12.9. The molecule has 27 heavy (non-hydrogen) atoms. The summed E-state index contributed by atoms with van der Waals surface area (Å²) in [7, 11) is 1.83. The smallest absolute Gasteiger partial charge is 0.193 e. The average Bonchev–Trinajstić information content (AvgIpc) is 2.68. The minimum atomic E-state index is -0.429. The van der Waals surface area contributed by atoms with Crippen LogP contribution in [-0.2, 0) is 0 Å². The van der Waals surface area contributed by atoms with E-state index in [1.165, 1.54) is 0 Å². The van der Waals surface area contributed by atoms with Crippen LogP contribution in [0.15, 0.2) is 59.8 Å². The van der Waals surface area contributed by atoms with E-state index in [0.717, 1.165) is 11.3 Å². The van der Waals surface area contributed by atoms with Crippen LogP contribution in [0, 0.1) is 0 Å². The van der Waals surface area contributed by atoms with Gasteiger partial charge in [-0.25, -0.2) is 0 Å². The Kier molecular flexibility index (Phi) is 5.46. The predicted octanol–water partition coefficient (Wildman–Crippen LogP) is 3.81. The maximum atomic E-state index is 13.3. The first-order valence-electron chi connectivity index (χ1n) is 8.74. The third-order valence-corrected chi connectivity index (χ3v) is 5.04. The summed E-state index contributed by atoms with van der Waals surface area (Å²) >= 11 is 5.44. The lowest BCUT2D eigenvalue weighted by Crippen LogP contribution is -2.45. The predicted molar refractivity (Wildman–Crippen MR) is 109 cm³/mol. The minimum absolute atomic E-state index is 0.0627. The molecule has 2 aromatic rings. The van der Waals surface area contributed by atoms with Crippen molar-refractivity contribution in [3.63, 3.8) is 0 Å². The van der Waals surface area contributed by atoms with Crippen LogP contribution in [-0.4, -0.2) is 34.6 Å². The normalized spacial score (nSPS) is 16.9. The molecular weight excluding hydrogens is 360 g/mol. The third kappa shape index (κ3) is 3.66. The Morgan fingerprint density at radius 3 is 2.63 bits per heavy atom. The molecule has 1 aliphatic heterocycles. The zero-order valence-corrected chi connectivity index (χ0v) is 16.3. The second-order valence-corrected chi connectivity index (χ2v) is 6.68. The lowest BCUT2D eigenvalue weighted by Gasteiger charge is -2.36. The molecule has 2 aromatic carbocycles. The largest absolute Gasteiger partial charge is 0.504 e. The van der Waals surface area contributed by atoms with Gasteiger partial charge in [-0.2, -0.15) is 0 Å². The number of nitrogens with one attached hydrogen (secondary N) is 1. The molecule has 0 aliphatic carbocycles. The van der Waals surface area contributed by atoms with Crippen molar-refractivity contribution in [2.24, 2.45) is 0 Å². The number of Topliss-reactive ketones (excluding diaryl/α,β-unsaturated/α-hetero) is 1. The van der Waals surface area contributed by atoms with Crippen molar-refractivity contribution in [3.05, 3.63) is 70.9 Å². The van der Waals surface area contributed by atoms with Crippen LogP contribution in [0.25, 0.3) is 0 Å². The van der Waals surface area contributed by atoms with Crippen LogP contribution in [0.1, 0.15) is 35.8 Å². The molecule has 1 atom stereocenters. The van der Waals surface area contributed by atoms with Crippen molar-refractivity contribution in [3.8, 4) is 11.5 Å². The molecule has 0 bridgehead atoms. The Balaban J connectivity index is 2.11. The lowest BCUT2D eigenvalue weighted by molar-refractivity contribution is 0.102. The van der Waals surface area contributed by atoms with Gasteiger partial charge in [-0.3, -0.25) is 4.79 Å². The highest BCUT2D eigenvalue weighted by Crippen LogP contribution is 2.36. The Morgan fingerprint density at radius 1 is 1.26 bits per heavy atom. The molecule has 5 nitrogen and oxygen atoms in total. The van der Waals surface area contributed by atoms with Crippen LogP contribution in [0.5, 0.6) is 11.5 Å².